The quantitative estimate of drug-likeness (QED) is 0.694. The van der Waals surface area contributed by atoms with Crippen LogP contribution in [0.5, 0.6) is 11.5 Å². The minimum atomic E-state index is -0.382. The van der Waals surface area contributed by atoms with Gasteiger partial charge in [-0.15, -0.1) is 0 Å². The van der Waals surface area contributed by atoms with Crippen LogP contribution in [-0.4, -0.2) is 34.9 Å². The molecule has 0 aliphatic carbocycles. The van der Waals surface area contributed by atoms with Crippen molar-refractivity contribution in [2.24, 2.45) is 0 Å². The van der Waals surface area contributed by atoms with Gasteiger partial charge in [-0.2, -0.15) is 0 Å². The van der Waals surface area contributed by atoms with E-state index in [0.29, 0.717) is 13.2 Å². The molecule has 0 atom stereocenters. The van der Waals surface area contributed by atoms with E-state index in [1.165, 1.54) is 18.2 Å². The van der Waals surface area contributed by atoms with E-state index in [1.807, 2.05) is 6.92 Å². The van der Waals surface area contributed by atoms with Gasteiger partial charge in [-0.25, -0.2) is 0 Å². The first-order valence-electron chi connectivity index (χ1n) is 5.92. The van der Waals surface area contributed by atoms with Gasteiger partial charge < -0.3 is 20.3 Å². The number of hydrogen-bond donors (Lipinski definition) is 3. The molecule has 98 valence electrons. The first kappa shape index (κ1) is 12.7. The van der Waals surface area contributed by atoms with E-state index in [4.69, 9.17) is 4.74 Å². The lowest BCUT2D eigenvalue weighted by molar-refractivity contribution is 0.0422. The molecule has 0 spiro atoms. The van der Waals surface area contributed by atoms with Crippen molar-refractivity contribution in [2.75, 3.05) is 13.2 Å². The summed E-state index contributed by atoms with van der Waals surface area (Å²) in [6.07, 6.45) is 1.47. The summed E-state index contributed by atoms with van der Waals surface area (Å²) in [7, 11) is 0. The molecular formula is C13H17NO4. The monoisotopic (exact) mass is 251 g/mol. The Hall–Kier alpha value is -1.75. The Kier molecular flexibility index (Phi) is 3.43. The van der Waals surface area contributed by atoms with E-state index in [0.717, 1.165) is 12.8 Å². The van der Waals surface area contributed by atoms with Crippen LogP contribution in [0, 0.1) is 0 Å². The maximum Gasteiger partial charge on any atom is 0.255 e. The van der Waals surface area contributed by atoms with Crippen LogP contribution in [0.1, 0.15) is 30.1 Å². The molecule has 0 radical (unpaired) electrons. The number of phenols is 2. The second-order valence-corrected chi connectivity index (χ2v) is 4.83. The van der Waals surface area contributed by atoms with Crippen molar-refractivity contribution in [1.82, 2.24) is 5.32 Å². The summed E-state index contributed by atoms with van der Waals surface area (Å²) in [4.78, 5) is 12.1. The molecule has 1 aliphatic heterocycles. The van der Waals surface area contributed by atoms with Gasteiger partial charge >= 0.3 is 0 Å². The Balaban J connectivity index is 2.14. The van der Waals surface area contributed by atoms with Crippen LogP contribution in [0.25, 0.3) is 0 Å². The van der Waals surface area contributed by atoms with Gasteiger partial charge in [0.1, 0.15) is 11.5 Å². The number of nitrogens with one attached hydrogen (secondary N) is 1. The number of carbonyl (C=O) groups is 1. The lowest BCUT2D eigenvalue weighted by Gasteiger charge is -2.34. The molecule has 18 heavy (non-hydrogen) atoms. The van der Waals surface area contributed by atoms with Crippen LogP contribution in [0.15, 0.2) is 18.2 Å². The highest BCUT2D eigenvalue weighted by Gasteiger charge is 2.30. The fraction of sp³-hybridized carbons (Fsp3) is 0.462. The standard InChI is InChI=1S/C13H17NO4/c1-13(4-6-18-7-5-13)14-12(17)10-8-9(15)2-3-11(10)16/h2-3,8,15-16H,4-7H2,1H3,(H,14,17). The van der Waals surface area contributed by atoms with E-state index < -0.39 is 0 Å². The number of ether oxygens (including phenoxy) is 1. The molecule has 0 aromatic heterocycles. The Morgan fingerprint density at radius 3 is 2.67 bits per heavy atom. The molecule has 1 saturated heterocycles. The molecule has 0 saturated carbocycles. The summed E-state index contributed by atoms with van der Waals surface area (Å²) in [5.41, 5.74) is -0.240. The normalized spacial score (nSPS) is 18.3. The molecule has 1 fully saturated rings. The van der Waals surface area contributed by atoms with Gasteiger partial charge in [0, 0.05) is 18.8 Å². The van der Waals surface area contributed by atoms with Crippen LogP contribution in [0.2, 0.25) is 0 Å². The van der Waals surface area contributed by atoms with E-state index >= 15 is 0 Å². The largest absolute Gasteiger partial charge is 0.508 e. The molecule has 1 amide bonds. The molecule has 2 rings (SSSR count). The number of rotatable bonds is 2. The van der Waals surface area contributed by atoms with Crippen molar-refractivity contribution in [3.8, 4) is 11.5 Å². The van der Waals surface area contributed by atoms with Crippen LogP contribution in [-0.2, 0) is 4.74 Å². The van der Waals surface area contributed by atoms with E-state index in [9.17, 15) is 15.0 Å². The summed E-state index contributed by atoms with van der Waals surface area (Å²) in [6, 6.07) is 3.90. The predicted octanol–water partition coefficient (Wildman–Crippen LogP) is 1.40. The fourth-order valence-electron chi connectivity index (χ4n) is 1.99. The third kappa shape index (κ3) is 2.73. The first-order valence-corrected chi connectivity index (χ1v) is 5.92. The van der Waals surface area contributed by atoms with E-state index in [-0.39, 0.29) is 28.5 Å². The maximum atomic E-state index is 12.1. The fourth-order valence-corrected chi connectivity index (χ4v) is 1.99. The number of amides is 1. The highest BCUT2D eigenvalue weighted by molar-refractivity contribution is 5.97. The highest BCUT2D eigenvalue weighted by Crippen LogP contribution is 2.25. The number of aromatic hydroxyl groups is 2. The maximum absolute atomic E-state index is 12.1. The van der Waals surface area contributed by atoms with Crippen LogP contribution in [0.4, 0.5) is 0 Å². The molecular weight excluding hydrogens is 234 g/mol. The molecule has 1 aliphatic rings. The lowest BCUT2D eigenvalue weighted by Crippen LogP contribution is -2.49. The third-order valence-corrected chi connectivity index (χ3v) is 3.24. The second kappa shape index (κ2) is 4.86. The summed E-state index contributed by atoms with van der Waals surface area (Å²) in [5, 5.41) is 21.9. The van der Waals surface area contributed by atoms with Crippen LogP contribution in [0.3, 0.4) is 0 Å². The predicted molar refractivity (Wildman–Crippen MR) is 65.7 cm³/mol. The number of phenolic OH excluding ortho intramolecular Hbond substituents is 2. The number of benzene rings is 1. The zero-order valence-electron chi connectivity index (χ0n) is 10.3. The van der Waals surface area contributed by atoms with E-state index in [2.05, 4.69) is 5.32 Å². The molecule has 1 heterocycles. The topological polar surface area (TPSA) is 78.8 Å². The van der Waals surface area contributed by atoms with Gasteiger partial charge in [-0.05, 0) is 38.0 Å². The third-order valence-electron chi connectivity index (χ3n) is 3.24. The minimum Gasteiger partial charge on any atom is -0.508 e. The average Bonchev–Trinajstić information content (AvgIpc) is 2.32. The van der Waals surface area contributed by atoms with E-state index in [1.54, 1.807) is 0 Å². The summed E-state index contributed by atoms with van der Waals surface area (Å²) < 4.78 is 5.25. The molecule has 3 N–H and O–H groups in total. The summed E-state index contributed by atoms with van der Waals surface area (Å²) in [5.74, 6) is -0.566. The summed E-state index contributed by atoms with van der Waals surface area (Å²) >= 11 is 0. The van der Waals surface area contributed by atoms with Gasteiger partial charge in [0.25, 0.3) is 5.91 Å². The van der Waals surface area contributed by atoms with Gasteiger partial charge in [-0.1, -0.05) is 0 Å². The Bertz CT molecular complexity index is 452. The Labute approximate surface area is 105 Å². The molecule has 0 unspecified atom stereocenters. The Morgan fingerprint density at radius 1 is 1.33 bits per heavy atom. The zero-order chi connectivity index (χ0) is 13.2. The van der Waals surface area contributed by atoms with Crippen LogP contribution >= 0.6 is 0 Å². The van der Waals surface area contributed by atoms with Crippen LogP contribution < -0.4 is 5.32 Å². The van der Waals surface area contributed by atoms with Crippen molar-refractivity contribution in [3.63, 3.8) is 0 Å². The second-order valence-electron chi connectivity index (χ2n) is 4.83. The highest BCUT2D eigenvalue weighted by atomic mass is 16.5. The van der Waals surface area contributed by atoms with Crippen molar-refractivity contribution in [2.45, 2.75) is 25.3 Å². The van der Waals surface area contributed by atoms with Gasteiger partial charge in [0.2, 0.25) is 0 Å². The van der Waals surface area contributed by atoms with Crippen molar-refractivity contribution < 1.29 is 19.7 Å². The van der Waals surface area contributed by atoms with Crippen molar-refractivity contribution in [3.05, 3.63) is 23.8 Å². The smallest absolute Gasteiger partial charge is 0.255 e. The van der Waals surface area contributed by atoms with Gasteiger partial charge in [0.15, 0.2) is 0 Å². The first-order chi connectivity index (χ1) is 8.50. The minimum absolute atomic E-state index is 0.0462. The van der Waals surface area contributed by atoms with Gasteiger partial charge in [0.05, 0.1) is 5.56 Å². The zero-order valence-corrected chi connectivity index (χ0v) is 10.3. The van der Waals surface area contributed by atoms with Gasteiger partial charge in [-0.3, -0.25) is 4.79 Å². The molecule has 5 nitrogen and oxygen atoms in total. The molecule has 1 aromatic carbocycles. The van der Waals surface area contributed by atoms with Crippen molar-refractivity contribution >= 4 is 5.91 Å². The SMILES string of the molecule is CC1(NC(=O)c2cc(O)ccc2O)CCOCC1. The Morgan fingerprint density at radius 2 is 2.00 bits per heavy atom. The number of carbonyl (C=O) groups excluding carboxylic acids is 1. The number of hydrogen-bond acceptors (Lipinski definition) is 4. The molecule has 0 bridgehead atoms. The van der Waals surface area contributed by atoms with Crippen molar-refractivity contribution in [1.29, 1.82) is 0 Å². The average molecular weight is 251 g/mol. The molecule has 5 heteroatoms. The lowest BCUT2D eigenvalue weighted by atomic mass is 9.92. The molecule has 1 aromatic rings. The summed E-state index contributed by atoms with van der Waals surface area (Å²) in [6.45, 7) is 3.18.